The molecule has 7 nitrogen and oxygen atoms in total. The number of carbonyl (C=O) groups is 1. The van der Waals surface area contributed by atoms with Crippen molar-refractivity contribution in [2.24, 2.45) is 0 Å². The molecule has 1 atom stereocenters. The molecule has 2 heterocycles. The van der Waals surface area contributed by atoms with Crippen molar-refractivity contribution < 1.29 is 29.1 Å². The number of rotatable bonds is 2. The Labute approximate surface area is 109 Å². The lowest BCUT2D eigenvalue weighted by Gasteiger charge is -2.23. The van der Waals surface area contributed by atoms with Crippen LogP contribution in [0.15, 0.2) is 12.1 Å². The van der Waals surface area contributed by atoms with Gasteiger partial charge in [-0.25, -0.2) is 4.79 Å². The second kappa shape index (κ2) is 4.63. The van der Waals surface area contributed by atoms with E-state index in [1.54, 1.807) is 12.1 Å². The normalized spacial score (nSPS) is 20.1. The average molecular weight is 265 g/mol. The summed E-state index contributed by atoms with van der Waals surface area (Å²) >= 11 is 0. The first-order valence-electron chi connectivity index (χ1n) is 5.89. The summed E-state index contributed by atoms with van der Waals surface area (Å²) in [6, 6.07) is 3.42. The zero-order chi connectivity index (χ0) is 13.4. The van der Waals surface area contributed by atoms with Crippen LogP contribution >= 0.6 is 0 Å². The van der Waals surface area contributed by atoms with Gasteiger partial charge in [0.2, 0.25) is 0 Å². The van der Waals surface area contributed by atoms with Gasteiger partial charge in [-0.05, 0) is 11.5 Å². The summed E-state index contributed by atoms with van der Waals surface area (Å²) in [5.41, 5.74) is 1.24. The van der Waals surface area contributed by atoms with Gasteiger partial charge in [0.1, 0.15) is 13.2 Å². The Kier molecular flexibility index (Phi) is 2.96. The molecule has 0 radical (unpaired) electrons. The summed E-state index contributed by atoms with van der Waals surface area (Å²) in [4.78, 5) is 10.6. The Morgan fingerprint density at radius 3 is 3.00 bits per heavy atom. The molecule has 0 aromatic heterocycles. The lowest BCUT2D eigenvalue weighted by Crippen LogP contribution is -2.29. The van der Waals surface area contributed by atoms with Gasteiger partial charge in [0.05, 0.1) is 6.10 Å². The first-order valence-corrected chi connectivity index (χ1v) is 5.89. The van der Waals surface area contributed by atoms with Crippen molar-refractivity contribution in [3.63, 3.8) is 0 Å². The molecule has 1 amide bonds. The van der Waals surface area contributed by atoms with Crippen LogP contribution in [0.1, 0.15) is 11.7 Å². The predicted molar refractivity (Wildman–Crippen MR) is 64.9 cm³/mol. The van der Waals surface area contributed by atoms with E-state index in [0.29, 0.717) is 35.7 Å². The average Bonchev–Trinajstić information content (AvgIpc) is 2.73. The molecule has 0 unspecified atom stereocenters. The molecular formula is C11H12BNO6. The van der Waals surface area contributed by atoms with Gasteiger partial charge < -0.3 is 29.6 Å². The van der Waals surface area contributed by atoms with Gasteiger partial charge >= 0.3 is 13.2 Å². The van der Waals surface area contributed by atoms with Crippen LogP contribution in [0.3, 0.4) is 0 Å². The first kappa shape index (κ1) is 12.1. The van der Waals surface area contributed by atoms with Crippen LogP contribution in [0, 0.1) is 0 Å². The second-order valence-corrected chi connectivity index (χ2v) is 4.26. The van der Waals surface area contributed by atoms with E-state index in [0.717, 1.165) is 0 Å². The summed E-state index contributed by atoms with van der Waals surface area (Å²) in [5.74, 6) is 1.11. The van der Waals surface area contributed by atoms with E-state index in [1.165, 1.54) is 0 Å². The molecule has 3 rings (SSSR count). The molecule has 0 fully saturated rings. The smallest absolute Gasteiger partial charge is 0.486 e. The number of hydrogen-bond acceptors (Lipinski definition) is 5. The molecule has 2 aliphatic rings. The van der Waals surface area contributed by atoms with Gasteiger partial charge in [-0.2, -0.15) is 0 Å². The molecule has 0 saturated carbocycles. The lowest BCUT2D eigenvalue weighted by molar-refractivity contribution is 0.150. The predicted octanol–water partition coefficient (Wildman–Crippen LogP) is -0.516. The third-order valence-corrected chi connectivity index (χ3v) is 3.10. The maximum atomic E-state index is 10.6. The van der Waals surface area contributed by atoms with E-state index >= 15 is 0 Å². The Morgan fingerprint density at radius 1 is 1.42 bits per heavy atom. The van der Waals surface area contributed by atoms with E-state index in [4.69, 9.17) is 19.2 Å². The molecule has 0 saturated heterocycles. The molecular weight excluding hydrogens is 253 g/mol. The van der Waals surface area contributed by atoms with Gasteiger partial charge in [0.25, 0.3) is 0 Å². The zero-order valence-electron chi connectivity index (χ0n) is 9.96. The molecule has 8 heteroatoms. The highest BCUT2D eigenvalue weighted by Crippen LogP contribution is 2.39. The van der Waals surface area contributed by atoms with Crippen LogP contribution in [0.5, 0.6) is 11.5 Å². The topological polar surface area (TPSA) is 97.3 Å². The van der Waals surface area contributed by atoms with E-state index in [1.807, 2.05) is 0 Å². The minimum atomic E-state index is -1.14. The summed E-state index contributed by atoms with van der Waals surface area (Å²) in [5, 5.41) is 20.7. The lowest BCUT2D eigenvalue weighted by atomic mass is 9.79. The molecule has 100 valence electrons. The Bertz CT molecular complexity index is 522. The van der Waals surface area contributed by atoms with E-state index in [9.17, 15) is 9.82 Å². The van der Waals surface area contributed by atoms with Crippen molar-refractivity contribution in [1.82, 2.24) is 5.32 Å². The Morgan fingerprint density at radius 2 is 2.21 bits per heavy atom. The SMILES string of the molecule is O=C(O)NC[C@H]1OB(O)c2ccc3c(c21)OCCO3. The molecule has 3 N–H and O–H groups in total. The van der Waals surface area contributed by atoms with Crippen molar-refractivity contribution in [3.05, 3.63) is 17.7 Å². The zero-order valence-corrected chi connectivity index (χ0v) is 9.96. The summed E-state index contributed by atoms with van der Waals surface area (Å²) in [7, 11) is -1.08. The highest BCUT2D eigenvalue weighted by atomic mass is 16.6. The number of hydrogen-bond donors (Lipinski definition) is 3. The van der Waals surface area contributed by atoms with Crippen LogP contribution < -0.4 is 20.3 Å². The quantitative estimate of drug-likeness (QED) is 0.623. The van der Waals surface area contributed by atoms with Crippen molar-refractivity contribution >= 4 is 18.7 Å². The van der Waals surface area contributed by atoms with E-state index in [-0.39, 0.29) is 6.54 Å². The molecule has 0 spiro atoms. The van der Waals surface area contributed by atoms with Crippen molar-refractivity contribution in [1.29, 1.82) is 0 Å². The summed E-state index contributed by atoms with van der Waals surface area (Å²) in [6.45, 7) is 0.922. The Hall–Kier alpha value is -1.93. The number of nitrogens with one attached hydrogen (secondary N) is 1. The fourth-order valence-electron chi connectivity index (χ4n) is 2.33. The van der Waals surface area contributed by atoms with E-state index in [2.05, 4.69) is 5.32 Å². The monoisotopic (exact) mass is 265 g/mol. The molecule has 0 aliphatic carbocycles. The first-order chi connectivity index (χ1) is 9.16. The van der Waals surface area contributed by atoms with Gasteiger partial charge in [-0.15, -0.1) is 0 Å². The summed E-state index contributed by atoms with van der Waals surface area (Å²) in [6.07, 6.45) is -1.73. The number of ether oxygens (including phenoxy) is 2. The van der Waals surface area contributed by atoms with Crippen molar-refractivity contribution in [2.45, 2.75) is 6.10 Å². The number of amides is 1. The molecule has 19 heavy (non-hydrogen) atoms. The van der Waals surface area contributed by atoms with E-state index < -0.39 is 19.3 Å². The fraction of sp³-hybridized carbons (Fsp3) is 0.364. The van der Waals surface area contributed by atoms with Crippen LogP contribution in [0.4, 0.5) is 4.79 Å². The summed E-state index contributed by atoms with van der Waals surface area (Å²) < 4.78 is 16.4. The number of fused-ring (bicyclic) bond motifs is 3. The van der Waals surface area contributed by atoms with Crippen molar-refractivity contribution in [2.75, 3.05) is 19.8 Å². The van der Waals surface area contributed by atoms with Gasteiger partial charge in [-0.1, -0.05) is 6.07 Å². The van der Waals surface area contributed by atoms with Gasteiger partial charge in [0, 0.05) is 12.1 Å². The standard InChI is InChI=1S/C11H12BNO6/c14-11(15)13-5-8-9-6(12(16)19-8)1-2-7-10(9)18-4-3-17-7/h1-2,8,13,16H,3-5H2,(H,14,15)/t8-/m1/s1. The molecule has 1 aromatic carbocycles. The van der Waals surface area contributed by atoms with Gasteiger partial charge in [-0.3, -0.25) is 0 Å². The highest BCUT2D eigenvalue weighted by Gasteiger charge is 2.39. The maximum absolute atomic E-state index is 10.6. The van der Waals surface area contributed by atoms with Crippen LogP contribution in [0.2, 0.25) is 0 Å². The largest absolute Gasteiger partial charge is 0.492 e. The van der Waals surface area contributed by atoms with Crippen molar-refractivity contribution in [3.8, 4) is 11.5 Å². The van der Waals surface area contributed by atoms with Crippen LogP contribution in [-0.2, 0) is 4.65 Å². The molecule has 1 aromatic rings. The van der Waals surface area contributed by atoms with Gasteiger partial charge in [0.15, 0.2) is 11.5 Å². The number of benzene rings is 1. The third-order valence-electron chi connectivity index (χ3n) is 3.10. The fourth-order valence-corrected chi connectivity index (χ4v) is 2.33. The third kappa shape index (κ3) is 2.09. The minimum absolute atomic E-state index is 0.0409. The number of carboxylic acid groups (broad SMARTS) is 1. The minimum Gasteiger partial charge on any atom is -0.486 e. The molecule has 2 aliphatic heterocycles. The van der Waals surface area contributed by atoms with Crippen LogP contribution in [0.25, 0.3) is 0 Å². The molecule has 0 bridgehead atoms. The highest BCUT2D eigenvalue weighted by molar-refractivity contribution is 6.62. The Balaban J connectivity index is 1.96. The maximum Gasteiger partial charge on any atom is 0.492 e. The van der Waals surface area contributed by atoms with Crippen LogP contribution in [-0.4, -0.2) is 43.1 Å². The second-order valence-electron chi connectivity index (χ2n) is 4.26.